The fourth-order valence-corrected chi connectivity index (χ4v) is 4.04. The van der Waals surface area contributed by atoms with Gasteiger partial charge in [0.25, 0.3) is 5.91 Å². The minimum Gasteiger partial charge on any atom is -0.312 e. The first kappa shape index (κ1) is 14.2. The highest BCUT2D eigenvalue weighted by atomic mass is 79.9. The van der Waals surface area contributed by atoms with Gasteiger partial charge in [0.1, 0.15) is 16.9 Å². The molecule has 106 valence electrons. The third-order valence-electron chi connectivity index (χ3n) is 3.44. The Morgan fingerprint density at radius 1 is 1.43 bits per heavy atom. The second-order valence-corrected chi connectivity index (χ2v) is 6.72. The summed E-state index contributed by atoms with van der Waals surface area (Å²) in [5.41, 5.74) is 1.99. The van der Waals surface area contributed by atoms with E-state index in [0.717, 1.165) is 24.8 Å². The number of nitrogens with one attached hydrogen (secondary N) is 1. The molecule has 0 radical (unpaired) electrons. The zero-order valence-electron chi connectivity index (χ0n) is 10.9. The number of halogens is 2. The van der Waals surface area contributed by atoms with Crippen LogP contribution in [0.1, 0.15) is 32.8 Å². The minimum absolute atomic E-state index is 0.240. The van der Waals surface area contributed by atoms with Crippen LogP contribution in [0.3, 0.4) is 0 Å². The SMILES string of the molecule is N#Cc1c(NC(=O)c2ccc(F)c(Br)c2)sc2c1CCC2. The monoisotopic (exact) mass is 364 g/mol. The molecule has 0 saturated carbocycles. The van der Waals surface area contributed by atoms with Gasteiger partial charge in [0.15, 0.2) is 0 Å². The fourth-order valence-electron chi connectivity index (χ4n) is 2.42. The highest BCUT2D eigenvalue weighted by molar-refractivity contribution is 9.10. The Morgan fingerprint density at radius 2 is 2.24 bits per heavy atom. The summed E-state index contributed by atoms with van der Waals surface area (Å²) < 4.78 is 13.4. The lowest BCUT2D eigenvalue weighted by Gasteiger charge is -2.05. The molecule has 0 atom stereocenters. The van der Waals surface area contributed by atoms with Crippen molar-refractivity contribution in [1.29, 1.82) is 5.26 Å². The predicted molar refractivity (Wildman–Crippen MR) is 83.1 cm³/mol. The normalized spacial score (nSPS) is 12.8. The molecule has 0 unspecified atom stereocenters. The van der Waals surface area contributed by atoms with Crippen molar-refractivity contribution >= 4 is 38.2 Å². The van der Waals surface area contributed by atoms with Crippen molar-refractivity contribution in [2.45, 2.75) is 19.3 Å². The molecule has 1 amide bonds. The maximum Gasteiger partial charge on any atom is 0.256 e. The molecule has 3 nitrogen and oxygen atoms in total. The van der Waals surface area contributed by atoms with E-state index in [2.05, 4.69) is 27.3 Å². The molecule has 1 aromatic carbocycles. The first-order valence-electron chi connectivity index (χ1n) is 6.41. The Morgan fingerprint density at radius 3 is 2.95 bits per heavy atom. The van der Waals surface area contributed by atoms with Crippen LogP contribution >= 0.6 is 27.3 Å². The smallest absolute Gasteiger partial charge is 0.256 e. The molecule has 1 aliphatic carbocycles. The molecule has 3 rings (SSSR count). The number of hydrogen-bond donors (Lipinski definition) is 1. The number of thiophene rings is 1. The van der Waals surface area contributed by atoms with Gasteiger partial charge in [-0.1, -0.05) is 0 Å². The van der Waals surface area contributed by atoms with Crippen LogP contribution in [0.4, 0.5) is 9.39 Å². The van der Waals surface area contributed by atoms with Crippen LogP contribution in [0, 0.1) is 17.1 Å². The number of amides is 1. The van der Waals surface area contributed by atoms with Crippen LogP contribution < -0.4 is 5.32 Å². The average molecular weight is 365 g/mol. The van der Waals surface area contributed by atoms with E-state index in [-0.39, 0.29) is 10.4 Å². The summed E-state index contributed by atoms with van der Waals surface area (Å²) in [6, 6.07) is 6.26. The van der Waals surface area contributed by atoms with Crippen LogP contribution in [-0.2, 0) is 12.8 Å². The lowest BCUT2D eigenvalue weighted by atomic mass is 10.1. The Balaban J connectivity index is 1.88. The standard InChI is InChI=1S/C15H10BrFN2OS/c16-11-6-8(4-5-12(11)17)14(20)19-15-10(7-18)9-2-1-3-13(9)21-15/h4-6H,1-3H2,(H,19,20). The van der Waals surface area contributed by atoms with Gasteiger partial charge in [-0.15, -0.1) is 11.3 Å². The van der Waals surface area contributed by atoms with Gasteiger partial charge in [0.05, 0.1) is 10.0 Å². The van der Waals surface area contributed by atoms with E-state index < -0.39 is 5.82 Å². The molecule has 1 aliphatic rings. The Bertz CT molecular complexity index is 779. The molecule has 1 N–H and O–H groups in total. The summed E-state index contributed by atoms with van der Waals surface area (Å²) in [7, 11) is 0. The van der Waals surface area contributed by atoms with Gasteiger partial charge in [-0.25, -0.2) is 4.39 Å². The summed E-state index contributed by atoms with van der Waals surface area (Å²) in [6.07, 6.45) is 2.92. The van der Waals surface area contributed by atoms with E-state index >= 15 is 0 Å². The van der Waals surface area contributed by atoms with E-state index in [0.29, 0.717) is 16.1 Å². The maximum absolute atomic E-state index is 13.2. The van der Waals surface area contributed by atoms with Crippen molar-refractivity contribution < 1.29 is 9.18 Å². The van der Waals surface area contributed by atoms with Gasteiger partial charge < -0.3 is 5.32 Å². The number of hydrogen-bond acceptors (Lipinski definition) is 3. The minimum atomic E-state index is -0.417. The molecule has 0 spiro atoms. The molecule has 1 heterocycles. The maximum atomic E-state index is 13.2. The largest absolute Gasteiger partial charge is 0.312 e. The van der Waals surface area contributed by atoms with Crippen molar-refractivity contribution in [2.24, 2.45) is 0 Å². The number of nitriles is 1. The van der Waals surface area contributed by atoms with E-state index in [9.17, 15) is 14.4 Å². The quantitative estimate of drug-likeness (QED) is 0.865. The molecular formula is C15H10BrFN2OS. The van der Waals surface area contributed by atoms with Crippen molar-refractivity contribution in [3.63, 3.8) is 0 Å². The number of carbonyl (C=O) groups excluding carboxylic acids is 1. The lowest BCUT2D eigenvalue weighted by Crippen LogP contribution is -2.12. The zero-order chi connectivity index (χ0) is 15.0. The number of nitrogens with zero attached hydrogens (tertiary/aromatic N) is 1. The summed E-state index contributed by atoms with van der Waals surface area (Å²) in [5.74, 6) is -0.758. The van der Waals surface area contributed by atoms with Gasteiger partial charge >= 0.3 is 0 Å². The number of benzene rings is 1. The molecule has 1 aromatic heterocycles. The second kappa shape index (κ2) is 5.58. The number of rotatable bonds is 2. The van der Waals surface area contributed by atoms with Gasteiger partial charge in [0, 0.05) is 10.4 Å². The summed E-state index contributed by atoms with van der Waals surface area (Å²) in [6.45, 7) is 0. The Labute approximate surface area is 133 Å². The third kappa shape index (κ3) is 2.59. The third-order valence-corrected chi connectivity index (χ3v) is 5.26. The van der Waals surface area contributed by atoms with E-state index in [1.807, 2.05) is 0 Å². The molecule has 0 fully saturated rings. The summed E-state index contributed by atoms with van der Waals surface area (Å²) in [5, 5.41) is 12.6. The first-order valence-corrected chi connectivity index (χ1v) is 8.02. The first-order chi connectivity index (χ1) is 10.1. The number of carbonyl (C=O) groups is 1. The Kier molecular flexibility index (Phi) is 3.79. The molecule has 6 heteroatoms. The van der Waals surface area contributed by atoms with Crippen LogP contribution in [0.2, 0.25) is 0 Å². The van der Waals surface area contributed by atoms with Crippen LogP contribution in [0.25, 0.3) is 0 Å². The van der Waals surface area contributed by atoms with Gasteiger partial charge in [-0.2, -0.15) is 5.26 Å². The number of fused-ring (bicyclic) bond motifs is 1. The van der Waals surface area contributed by atoms with Gasteiger partial charge in [-0.05, 0) is 59.0 Å². The highest BCUT2D eigenvalue weighted by Gasteiger charge is 2.23. The second-order valence-electron chi connectivity index (χ2n) is 4.76. The van der Waals surface area contributed by atoms with Crippen molar-refractivity contribution in [3.8, 4) is 6.07 Å². The number of anilines is 1. The summed E-state index contributed by atoms with van der Waals surface area (Å²) >= 11 is 4.52. The fraction of sp³-hybridized carbons (Fsp3) is 0.200. The average Bonchev–Trinajstić information content (AvgIpc) is 3.02. The molecule has 0 bridgehead atoms. The lowest BCUT2D eigenvalue weighted by molar-refractivity contribution is 0.102. The topological polar surface area (TPSA) is 52.9 Å². The highest BCUT2D eigenvalue weighted by Crippen LogP contribution is 2.38. The molecule has 21 heavy (non-hydrogen) atoms. The zero-order valence-corrected chi connectivity index (χ0v) is 13.3. The van der Waals surface area contributed by atoms with Crippen LogP contribution in [0.15, 0.2) is 22.7 Å². The summed E-state index contributed by atoms with van der Waals surface area (Å²) in [4.78, 5) is 13.4. The molecule has 2 aromatic rings. The molecule has 0 saturated heterocycles. The van der Waals surface area contributed by atoms with Crippen LogP contribution in [0.5, 0.6) is 0 Å². The van der Waals surface area contributed by atoms with Crippen molar-refractivity contribution in [1.82, 2.24) is 0 Å². The van der Waals surface area contributed by atoms with Gasteiger partial charge in [-0.3, -0.25) is 4.79 Å². The Hall–Kier alpha value is -1.71. The predicted octanol–water partition coefficient (Wildman–Crippen LogP) is 4.26. The number of aryl methyl sites for hydroxylation is 1. The van der Waals surface area contributed by atoms with Crippen molar-refractivity contribution in [2.75, 3.05) is 5.32 Å². The molecular weight excluding hydrogens is 355 g/mol. The van der Waals surface area contributed by atoms with Gasteiger partial charge in [0.2, 0.25) is 0 Å². The molecule has 0 aliphatic heterocycles. The van der Waals surface area contributed by atoms with Crippen LogP contribution in [-0.4, -0.2) is 5.91 Å². The van der Waals surface area contributed by atoms with Crippen molar-refractivity contribution in [3.05, 3.63) is 50.1 Å². The van der Waals surface area contributed by atoms with E-state index in [4.69, 9.17) is 0 Å². The van der Waals surface area contributed by atoms with E-state index in [1.165, 1.54) is 34.4 Å². The van der Waals surface area contributed by atoms with E-state index in [1.54, 1.807) is 0 Å².